The van der Waals surface area contributed by atoms with Gasteiger partial charge in [-0.1, -0.05) is 24.3 Å². The number of carbonyl (C=O) groups excluding carboxylic acids is 2. The zero-order valence-electron chi connectivity index (χ0n) is 22.8. The van der Waals surface area contributed by atoms with Crippen molar-refractivity contribution in [1.82, 2.24) is 15.1 Å². The second-order valence-electron chi connectivity index (χ2n) is 11.3. The molecule has 2 amide bonds. The second-order valence-corrected chi connectivity index (χ2v) is 11.3. The molecule has 0 aromatic heterocycles. The molecule has 0 spiro atoms. The Hall–Kier alpha value is -3.32. The summed E-state index contributed by atoms with van der Waals surface area (Å²) < 4.78 is 28.5. The van der Waals surface area contributed by atoms with Gasteiger partial charge in [-0.3, -0.25) is 9.59 Å². The molecule has 0 aliphatic carbocycles. The van der Waals surface area contributed by atoms with Gasteiger partial charge >= 0.3 is 0 Å². The van der Waals surface area contributed by atoms with E-state index in [0.29, 0.717) is 41.6 Å². The Labute approximate surface area is 229 Å². The van der Waals surface area contributed by atoms with Gasteiger partial charge in [-0.25, -0.2) is 8.78 Å². The molecule has 7 heteroatoms. The number of rotatable bonds is 6. The maximum absolute atomic E-state index is 14.2. The van der Waals surface area contributed by atoms with Crippen LogP contribution < -0.4 is 5.32 Å². The third-order valence-electron chi connectivity index (χ3n) is 8.25. The minimum Gasteiger partial charge on any atom is -0.350 e. The van der Waals surface area contributed by atoms with Gasteiger partial charge in [0.1, 0.15) is 11.6 Å². The fourth-order valence-electron chi connectivity index (χ4n) is 6.11. The minimum atomic E-state index is -0.646. The van der Waals surface area contributed by atoms with E-state index in [1.165, 1.54) is 29.8 Å². The molecular formula is C32H37F2N3O2. The van der Waals surface area contributed by atoms with Gasteiger partial charge in [0.15, 0.2) is 0 Å². The highest BCUT2D eigenvalue weighted by Gasteiger charge is 2.30. The molecule has 0 saturated carbocycles. The Morgan fingerprint density at radius 3 is 2.21 bits per heavy atom. The molecular weight excluding hydrogens is 496 g/mol. The molecule has 0 unspecified atom stereocenters. The molecule has 0 bridgehead atoms. The maximum Gasteiger partial charge on any atom is 0.254 e. The molecule has 2 saturated heterocycles. The molecule has 3 aromatic carbocycles. The van der Waals surface area contributed by atoms with Gasteiger partial charge in [0, 0.05) is 41.7 Å². The van der Waals surface area contributed by atoms with Gasteiger partial charge in [-0.2, -0.15) is 0 Å². The van der Waals surface area contributed by atoms with E-state index in [1.54, 1.807) is 6.07 Å². The Morgan fingerprint density at radius 2 is 1.54 bits per heavy atom. The maximum atomic E-state index is 14.2. The summed E-state index contributed by atoms with van der Waals surface area (Å²) in [5.74, 6) is -0.848. The van der Waals surface area contributed by atoms with Gasteiger partial charge in [0.05, 0.1) is 5.39 Å². The predicted octanol–water partition coefficient (Wildman–Crippen LogP) is 5.82. The van der Waals surface area contributed by atoms with Gasteiger partial charge in [0.25, 0.3) is 11.8 Å². The van der Waals surface area contributed by atoms with Crippen LogP contribution in [0.3, 0.4) is 0 Å². The zero-order chi connectivity index (χ0) is 27.5. The number of benzene rings is 3. The standard InChI is InChI=1S/C32H37F2N3O2/c1-21(2)35-31(38)24-8-6-22(7-9-24)20-23-12-16-36(17-13-23)25-14-18-37(19-15-25)32(39)27-10-11-29(34)30-26(27)4-3-5-28(30)33/h3-11,21,23,25H,12-20H2,1-2H3,(H,35,38). The van der Waals surface area contributed by atoms with E-state index in [0.717, 1.165) is 45.2 Å². The fourth-order valence-corrected chi connectivity index (χ4v) is 6.11. The molecule has 2 aliphatic rings. The van der Waals surface area contributed by atoms with Crippen molar-refractivity contribution >= 4 is 22.6 Å². The van der Waals surface area contributed by atoms with Crippen LogP contribution in [0.25, 0.3) is 10.8 Å². The van der Waals surface area contributed by atoms with Gasteiger partial charge in [-0.05, 0) is 101 Å². The predicted molar refractivity (Wildman–Crippen MR) is 150 cm³/mol. The summed E-state index contributed by atoms with van der Waals surface area (Å²) in [6, 6.07) is 15.6. The number of nitrogens with one attached hydrogen (secondary N) is 1. The van der Waals surface area contributed by atoms with Crippen molar-refractivity contribution in [3.05, 3.63) is 82.9 Å². The molecule has 2 heterocycles. The SMILES string of the molecule is CC(C)NC(=O)c1ccc(CC2CCN(C3CCN(C(=O)c4ccc(F)c5c(F)cccc45)CC3)CC2)cc1. The van der Waals surface area contributed by atoms with Gasteiger partial charge in [-0.15, -0.1) is 0 Å². The van der Waals surface area contributed by atoms with Crippen molar-refractivity contribution < 1.29 is 18.4 Å². The average molecular weight is 534 g/mol. The van der Waals surface area contributed by atoms with E-state index in [1.807, 2.05) is 30.9 Å². The molecule has 5 rings (SSSR count). The average Bonchev–Trinajstić information content (AvgIpc) is 2.93. The Kier molecular flexibility index (Phi) is 8.26. The van der Waals surface area contributed by atoms with Crippen LogP contribution in [0.15, 0.2) is 54.6 Å². The minimum absolute atomic E-state index is 0.0301. The second kappa shape index (κ2) is 11.8. The quantitative estimate of drug-likeness (QED) is 0.435. The summed E-state index contributed by atoms with van der Waals surface area (Å²) in [6.07, 6.45) is 5.12. The first-order chi connectivity index (χ1) is 18.8. The molecule has 5 nitrogen and oxygen atoms in total. The van der Waals surface area contributed by atoms with Crippen molar-refractivity contribution in [2.75, 3.05) is 26.2 Å². The molecule has 0 atom stereocenters. The summed E-state index contributed by atoms with van der Waals surface area (Å²) in [6.45, 7) is 7.32. The monoisotopic (exact) mass is 533 g/mol. The normalized spacial score (nSPS) is 17.6. The van der Waals surface area contributed by atoms with E-state index < -0.39 is 11.6 Å². The van der Waals surface area contributed by atoms with Crippen LogP contribution in [-0.2, 0) is 6.42 Å². The van der Waals surface area contributed by atoms with Crippen molar-refractivity contribution in [3.8, 4) is 0 Å². The largest absolute Gasteiger partial charge is 0.350 e. The third kappa shape index (κ3) is 6.14. The molecule has 1 N–H and O–H groups in total. The fraction of sp³-hybridized carbons (Fsp3) is 0.438. The number of halogens is 2. The zero-order valence-corrected chi connectivity index (χ0v) is 22.8. The topological polar surface area (TPSA) is 52.7 Å². The Bertz CT molecular complexity index is 1320. The third-order valence-corrected chi connectivity index (χ3v) is 8.25. The van der Waals surface area contributed by atoms with Gasteiger partial charge in [0.2, 0.25) is 0 Å². The van der Waals surface area contributed by atoms with E-state index in [9.17, 15) is 18.4 Å². The van der Waals surface area contributed by atoms with E-state index in [2.05, 4.69) is 22.3 Å². The van der Waals surface area contributed by atoms with Crippen LogP contribution in [0.2, 0.25) is 0 Å². The van der Waals surface area contributed by atoms with Crippen LogP contribution >= 0.6 is 0 Å². The highest BCUT2D eigenvalue weighted by molar-refractivity contribution is 6.07. The summed E-state index contributed by atoms with van der Waals surface area (Å²) in [5.41, 5.74) is 2.33. The lowest BCUT2D eigenvalue weighted by atomic mass is 9.88. The van der Waals surface area contributed by atoms with E-state index in [4.69, 9.17) is 0 Å². The summed E-state index contributed by atoms with van der Waals surface area (Å²) in [4.78, 5) is 29.9. The number of amides is 2. The van der Waals surface area contributed by atoms with Gasteiger partial charge < -0.3 is 15.1 Å². The lowest BCUT2D eigenvalue weighted by Crippen LogP contribution is -2.49. The molecule has 2 aliphatic heterocycles. The number of hydrogen-bond donors (Lipinski definition) is 1. The van der Waals surface area contributed by atoms with Crippen molar-refractivity contribution in [2.45, 2.75) is 58.0 Å². The van der Waals surface area contributed by atoms with Crippen LogP contribution in [0.5, 0.6) is 0 Å². The first-order valence-electron chi connectivity index (χ1n) is 14.1. The summed E-state index contributed by atoms with van der Waals surface area (Å²) in [7, 11) is 0. The first-order valence-corrected chi connectivity index (χ1v) is 14.1. The van der Waals surface area contributed by atoms with Crippen LogP contribution in [-0.4, -0.2) is 59.9 Å². The van der Waals surface area contributed by atoms with Crippen LogP contribution in [0, 0.1) is 17.6 Å². The van der Waals surface area contributed by atoms with Crippen molar-refractivity contribution in [2.24, 2.45) is 5.92 Å². The Morgan fingerprint density at radius 1 is 0.872 bits per heavy atom. The molecule has 0 radical (unpaired) electrons. The molecule has 206 valence electrons. The summed E-state index contributed by atoms with van der Waals surface area (Å²) >= 11 is 0. The number of likely N-dealkylation sites (tertiary alicyclic amines) is 2. The van der Waals surface area contributed by atoms with Crippen molar-refractivity contribution in [3.63, 3.8) is 0 Å². The smallest absolute Gasteiger partial charge is 0.254 e. The highest BCUT2D eigenvalue weighted by atomic mass is 19.1. The molecule has 39 heavy (non-hydrogen) atoms. The number of piperidine rings is 2. The molecule has 3 aromatic rings. The van der Waals surface area contributed by atoms with E-state index >= 15 is 0 Å². The first kappa shape index (κ1) is 27.3. The lowest BCUT2D eigenvalue weighted by molar-refractivity contribution is 0.0553. The number of fused-ring (bicyclic) bond motifs is 1. The number of hydrogen-bond acceptors (Lipinski definition) is 3. The summed E-state index contributed by atoms with van der Waals surface area (Å²) in [5, 5.41) is 3.14. The number of carbonyl (C=O) groups is 2. The van der Waals surface area contributed by atoms with E-state index in [-0.39, 0.29) is 23.2 Å². The molecule has 2 fully saturated rings. The van der Waals surface area contributed by atoms with Crippen molar-refractivity contribution in [1.29, 1.82) is 0 Å². The Balaban J connectivity index is 1.11. The van der Waals surface area contributed by atoms with Crippen LogP contribution in [0.1, 0.15) is 65.8 Å². The van der Waals surface area contributed by atoms with Crippen LogP contribution in [0.4, 0.5) is 8.78 Å². The lowest BCUT2D eigenvalue weighted by Gasteiger charge is -2.42. The highest BCUT2D eigenvalue weighted by Crippen LogP contribution is 2.29. The number of nitrogens with zero attached hydrogens (tertiary/aromatic N) is 2.